The summed E-state index contributed by atoms with van der Waals surface area (Å²) in [5, 5.41) is 3.64. The highest BCUT2D eigenvalue weighted by molar-refractivity contribution is 7.17. The molecule has 0 saturated heterocycles. The summed E-state index contributed by atoms with van der Waals surface area (Å²) >= 11 is 7.26. The molecule has 2 heterocycles. The topological polar surface area (TPSA) is 38.9 Å². The monoisotopic (exact) mass is 212 g/mol. The third kappa shape index (κ3) is 2.17. The minimum Gasteiger partial charge on any atom is -0.342 e. The van der Waals surface area contributed by atoms with Gasteiger partial charge in [-0.05, 0) is 24.3 Å². The highest BCUT2D eigenvalue weighted by Gasteiger charge is 1.94. The van der Waals surface area contributed by atoms with Gasteiger partial charge in [0.25, 0.3) is 0 Å². The van der Waals surface area contributed by atoms with E-state index in [2.05, 4.69) is 14.7 Å². The highest BCUT2D eigenvalue weighted by Crippen LogP contribution is 2.22. The van der Waals surface area contributed by atoms with Gasteiger partial charge >= 0.3 is 0 Å². The molecule has 0 bridgehead atoms. The first kappa shape index (κ1) is 8.47. The standard InChI is InChI=1S/C8H5ClN2OS/c9-7-3-1-6(13-7)2-4-8-10-5-12-11-8/h1-5H/b4-2+. The Hall–Kier alpha value is -1.13. The Morgan fingerprint density at radius 2 is 2.31 bits per heavy atom. The molecule has 2 aromatic heterocycles. The maximum Gasteiger partial charge on any atom is 0.214 e. The van der Waals surface area contributed by atoms with E-state index in [0.29, 0.717) is 5.82 Å². The third-order valence-electron chi connectivity index (χ3n) is 1.37. The number of rotatable bonds is 2. The Bertz CT molecular complexity index is 407. The van der Waals surface area contributed by atoms with Crippen LogP contribution in [0.25, 0.3) is 12.2 Å². The van der Waals surface area contributed by atoms with E-state index in [1.54, 1.807) is 6.08 Å². The van der Waals surface area contributed by atoms with Gasteiger partial charge in [0.05, 0.1) is 4.34 Å². The van der Waals surface area contributed by atoms with Crippen molar-refractivity contribution in [3.05, 3.63) is 33.6 Å². The van der Waals surface area contributed by atoms with Crippen molar-refractivity contribution in [2.45, 2.75) is 0 Å². The lowest BCUT2D eigenvalue weighted by atomic mass is 10.4. The molecule has 0 N–H and O–H groups in total. The van der Waals surface area contributed by atoms with Gasteiger partial charge in [0.1, 0.15) is 0 Å². The number of halogens is 1. The van der Waals surface area contributed by atoms with Crippen molar-refractivity contribution in [2.75, 3.05) is 0 Å². The second-order valence-corrected chi connectivity index (χ2v) is 4.01. The molecule has 0 amide bonds. The summed E-state index contributed by atoms with van der Waals surface area (Å²) in [4.78, 5) is 4.91. The fourth-order valence-corrected chi connectivity index (χ4v) is 1.79. The van der Waals surface area contributed by atoms with E-state index < -0.39 is 0 Å². The van der Waals surface area contributed by atoms with Crippen LogP contribution in [0, 0.1) is 0 Å². The van der Waals surface area contributed by atoms with Gasteiger partial charge in [-0.1, -0.05) is 16.8 Å². The normalized spacial score (nSPS) is 11.2. The first-order valence-corrected chi connectivity index (χ1v) is 4.74. The van der Waals surface area contributed by atoms with Crippen LogP contribution in [0.3, 0.4) is 0 Å². The Balaban J connectivity index is 2.14. The number of thiophene rings is 1. The maximum atomic E-state index is 5.76. The second kappa shape index (κ2) is 3.72. The zero-order chi connectivity index (χ0) is 9.10. The molecule has 5 heteroatoms. The molecule has 0 aliphatic carbocycles. The lowest BCUT2D eigenvalue weighted by Crippen LogP contribution is -1.71. The molecule has 66 valence electrons. The van der Waals surface area contributed by atoms with Crippen molar-refractivity contribution in [3.63, 3.8) is 0 Å². The van der Waals surface area contributed by atoms with E-state index in [1.807, 2.05) is 18.2 Å². The summed E-state index contributed by atoms with van der Waals surface area (Å²) in [7, 11) is 0. The molecule has 0 fully saturated rings. The van der Waals surface area contributed by atoms with Gasteiger partial charge in [-0.25, -0.2) is 0 Å². The molecule has 0 saturated carbocycles. The first-order chi connectivity index (χ1) is 6.34. The van der Waals surface area contributed by atoms with Crippen molar-refractivity contribution in [3.8, 4) is 0 Å². The SMILES string of the molecule is Clc1ccc(/C=C/c2ncon2)s1. The third-order valence-corrected chi connectivity index (χ3v) is 2.57. The van der Waals surface area contributed by atoms with Gasteiger partial charge in [-0.15, -0.1) is 11.3 Å². The lowest BCUT2D eigenvalue weighted by molar-refractivity contribution is 0.415. The molecule has 0 atom stereocenters. The Labute approximate surface area is 83.7 Å². The van der Waals surface area contributed by atoms with Gasteiger partial charge in [-0.3, -0.25) is 0 Å². The Kier molecular flexibility index (Phi) is 2.42. The van der Waals surface area contributed by atoms with Crippen molar-refractivity contribution in [1.29, 1.82) is 0 Å². The number of hydrogen-bond acceptors (Lipinski definition) is 4. The predicted molar refractivity (Wildman–Crippen MR) is 52.6 cm³/mol. The molecule has 0 aromatic carbocycles. The van der Waals surface area contributed by atoms with Gasteiger partial charge in [0, 0.05) is 4.88 Å². The Morgan fingerprint density at radius 1 is 1.38 bits per heavy atom. The highest BCUT2D eigenvalue weighted by atomic mass is 35.5. The van der Waals surface area contributed by atoms with Gasteiger partial charge in [0.2, 0.25) is 6.39 Å². The van der Waals surface area contributed by atoms with Crippen molar-refractivity contribution < 1.29 is 4.52 Å². The summed E-state index contributed by atoms with van der Waals surface area (Å²) in [5.74, 6) is 0.560. The molecular formula is C8H5ClN2OS. The summed E-state index contributed by atoms with van der Waals surface area (Å²) in [5.41, 5.74) is 0. The minimum atomic E-state index is 0.560. The summed E-state index contributed by atoms with van der Waals surface area (Å²) < 4.78 is 5.34. The predicted octanol–water partition coefficient (Wildman–Crippen LogP) is 2.95. The summed E-state index contributed by atoms with van der Waals surface area (Å²) in [6.45, 7) is 0. The molecule has 2 aromatic rings. The zero-order valence-corrected chi connectivity index (χ0v) is 8.05. The van der Waals surface area contributed by atoms with Crippen LogP contribution >= 0.6 is 22.9 Å². The van der Waals surface area contributed by atoms with E-state index >= 15 is 0 Å². The smallest absolute Gasteiger partial charge is 0.214 e. The largest absolute Gasteiger partial charge is 0.342 e. The number of hydrogen-bond donors (Lipinski definition) is 0. The first-order valence-electron chi connectivity index (χ1n) is 3.54. The van der Waals surface area contributed by atoms with Crippen LogP contribution in [0.1, 0.15) is 10.7 Å². The van der Waals surface area contributed by atoms with Crippen LogP contribution < -0.4 is 0 Å². The van der Waals surface area contributed by atoms with E-state index in [-0.39, 0.29) is 0 Å². The van der Waals surface area contributed by atoms with Crippen LogP contribution in [0.5, 0.6) is 0 Å². The lowest BCUT2D eigenvalue weighted by Gasteiger charge is -1.80. The molecular weight excluding hydrogens is 208 g/mol. The van der Waals surface area contributed by atoms with Gasteiger partial charge in [-0.2, -0.15) is 4.98 Å². The molecule has 0 radical (unpaired) electrons. The molecule has 2 rings (SSSR count). The fourth-order valence-electron chi connectivity index (χ4n) is 0.827. The van der Waals surface area contributed by atoms with Crippen molar-refractivity contribution >= 4 is 35.1 Å². The van der Waals surface area contributed by atoms with Crippen LogP contribution in [-0.4, -0.2) is 10.1 Å². The van der Waals surface area contributed by atoms with Crippen LogP contribution in [0.2, 0.25) is 4.34 Å². The molecule has 0 unspecified atom stereocenters. The summed E-state index contributed by atoms with van der Waals surface area (Å²) in [6, 6.07) is 3.78. The number of aromatic nitrogens is 2. The van der Waals surface area contributed by atoms with E-state index in [1.165, 1.54) is 17.7 Å². The van der Waals surface area contributed by atoms with Gasteiger partial charge < -0.3 is 4.52 Å². The summed E-state index contributed by atoms with van der Waals surface area (Å²) in [6.07, 6.45) is 4.95. The fraction of sp³-hybridized carbons (Fsp3) is 0. The maximum absolute atomic E-state index is 5.76. The molecule has 3 nitrogen and oxygen atoms in total. The average molecular weight is 213 g/mol. The van der Waals surface area contributed by atoms with Crippen LogP contribution in [0.4, 0.5) is 0 Å². The molecule has 0 aliphatic rings. The van der Waals surface area contributed by atoms with Crippen molar-refractivity contribution in [1.82, 2.24) is 10.1 Å². The van der Waals surface area contributed by atoms with Crippen molar-refractivity contribution in [2.24, 2.45) is 0 Å². The quantitative estimate of drug-likeness (QED) is 0.768. The van der Waals surface area contributed by atoms with Crippen LogP contribution in [-0.2, 0) is 0 Å². The van der Waals surface area contributed by atoms with E-state index in [4.69, 9.17) is 11.6 Å². The zero-order valence-electron chi connectivity index (χ0n) is 6.48. The van der Waals surface area contributed by atoms with Gasteiger partial charge in [0.15, 0.2) is 5.82 Å². The second-order valence-electron chi connectivity index (χ2n) is 2.26. The number of nitrogens with zero attached hydrogens (tertiary/aromatic N) is 2. The molecule has 0 spiro atoms. The van der Waals surface area contributed by atoms with E-state index in [0.717, 1.165) is 9.21 Å². The molecule has 13 heavy (non-hydrogen) atoms. The molecule has 0 aliphatic heterocycles. The van der Waals surface area contributed by atoms with Crippen LogP contribution in [0.15, 0.2) is 23.0 Å². The Morgan fingerprint density at radius 3 is 2.92 bits per heavy atom. The average Bonchev–Trinajstić information content (AvgIpc) is 2.71. The van der Waals surface area contributed by atoms with E-state index in [9.17, 15) is 0 Å². The minimum absolute atomic E-state index is 0.560.